The van der Waals surface area contributed by atoms with Crippen LogP contribution < -0.4 is 10.1 Å². The second kappa shape index (κ2) is 10.1. The molecule has 6 nitrogen and oxygen atoms in total. The zero-order valence-corrected chi connectivity index (χ0v) is 19.7. The Kier molecular flexibility index (Phi) is 7.20. The van der Waals surface area contributed by atoms with Crippen LogP contribution in [0.5, 0.6) is 5.75 Å². The summed E-state index contributed by atoms with van der Waals surface area (Å²) in [4.78, 5) is 28.8. The molecule has 1 heterocycles. The van der Waals surface area contributed by atoms with E-state index in [-0.39, 0.29) is 35.8 Å². The SMILES string of the molecule is CN(C(=O)Oc1ccc(F)cc1)[C@]1(C(=O)C2CCC(C#N)CC2)CNC[C@H]1c1ccc(Cl)cc1. The van der Waals surface area contributed by atoms with Gasteiger partial charge in [0.05, 0.1) is 6.07 Å². The normalized spacial score (nSPS) is 26.5. The number of ether oxygens (including phenoxy) is 1. The van der Waals surface area contributed by atoms with E-state index in [1.807, 2.05) is 12.1 Å². The molecule has 1 amide bonds. The van der Waals surface area contributed by atoms with Crippen LogP contribution in [0.2, 0.25) is 5.02 Å². The van der Waals surface area contributed by atoms with Gasteiger partial charge in [-0.25, -0.2) is 9.18 Å². The highest BCUT2D eigenvalue weighted by Crippen LogP contribution is 2.42. The molecular weight excluding hydrogens is 457 g/mol. The predicted octanol–water partition coefficient (Wildman–Crippen LogP) is 4.93. The minimum Gasteiger partial charge on any atom is -0.410 e. The maximum Gasteiger partial charge on any atom is 0.415 e. The summed E-state index contributed by atoms with van der Waals surface area (Å²) in [6.45, 7) is 0.793. The Morgan fingerprint density at radius 3 is 2.38 bits per heavy atom. The smallest absolute Gasteiger partial charge is 0.410 e. The van der Waals surface area contributed by atoms with E-state index in [4.69, 9.17) is 16.3 Å². The molecule has 2 aromatic rings. The molecule has 34 heavy (non-hydrogen) atoms. The van der Waals surface area contributed by atoms with Gasteiger partial charge in [-0.05, 0) is 67.6 Å². The zero-order chi connectivity index (χ0) is 24.3. The van der Waals surface area contributed by atoms with Crippen molar-refractivity contribution in [1.29, 1.82) is 5.26 Å². The average Bonchev–Trinajstić information content (AvgIpc) is 3.31. The van der Waals surface area contributed by atoms with E-state index in [0.717, 1.165) is 5.56 Å². The predicted molar refractivity (Wildman–Crippen MR) is 126 cm³/mol. The maximum absolute atomic E-state index is 14.2. The number of likely N-dealkylation sites (N-methyl/N-ethyl adjacent to an activating group) is 1. The summed E-state index contributed by atoms with van der Waals surface area (Å²) in [7, 11) is 1.58. The number of halogens is 2. The molecule has 0 aromatic heterocycles. The number of nitrogens with one attached hydrogen (secondary N) is 1. The molecule has 8 heteroatoms. The summed E-state index contributed by atoms with van der Waals surface area (Å²) in [6.07, 6.45) is 1.89. The van der Waals surface area contributed by atoms with Gasteiger partial charge >= 0.3 is 6.09 Å². The van der Waals surface area contributed by atoms with E-state index in [1.165, 1.54) is 29.2 Å². The molecule has 1 saturated carbocycles. The van der Waals surface area contributed by atoms with Crippen molar-refractivity contribution in [3.8, 4) is 11.8 Å². The molecule has 1 aliphatic heterocycles. The molecule has 0 unspecified atom stereocenters. The Morgan fingerprint density at radius 2 is 1.76 bits per heavy atom. The summed E-state index contributed by atoms with van der Waals surface area (Å²) in [5.74, 6) is -0.848. The second-order valence-corrected chi connectivity index (χ2v) is 9.52. The summed E-state index contributed by atoms with van der Waals surface area (Å²) in [6, 6.07) is 14.8. The van der Waals surface area contributed by atoms with Crippen LogP contribution >= 0.6 is 11.6 Å². The largest absolute Gasteiger partial charge is 0.415 e. The number of carbonyl (C=O) groups excluding carboxylic acids is 2. The van der Waals surface area contributed by atoms with E-state index < -0.39 is 17.4 Å². The molecule has 4 rings (SSSR count). The first kappa shape index (κ1) is 24.2. The van der Waals surface area contributed by atoms with Gasteiger partial charge in [0, 0.05) is 42.9 Å². The highest BCUT2D eigenvalue weighted by atomic mass is 35.5. The minimum absolute atomic E-state index is 0.0209. The van der Waals surface area contributed by atoms with Gasteiger partial charge in [0.2, 0.25) is 0 Å². The summed E-state index contributed by atoms with van der Waals surface area (Å²) in [5.41, 5.74) is -0.273. The van der Waals surface area contributed by atoms with Crippen molar-refractivity contribution in [3.05, 3.63) is 64.9 Å². The number of nitrogens with zero attached hydrogens (tertiary/aromatic N) is 2. The van der Waals surface area contributed by atoms with Crippen LogP contribution in [0.25, 0.3) is 0 Å². The number of hydrogen-bond donors (Lipinski definition) is 1. The lowest BCUT2D eigenvalue weighted by Gasteiger charge is -2.43. The monoisotopic (exact) mass is 483 g/mol. The Balaban J connectivity index is 1.67. The zero-order valence-electron chi connectivity index (χ0n) is 19.0. The molecule has 0 radical (unpaired) electrons. The maximum atomic E-state index is 14.2. The van der Waals surface area contributed by atoms with Crippen LogP contribution in [0.15, 0.2) is 48.5 Å². The van der Waals surface area contributed by atoms with Crippen molar-refractivity contribution in [2.24, 2.45) is 11.8 Å². The summed E-state index contributed by atoms with van der Waals surface area (Å²) >= 11 is 6.10. The minimum atomic E-state index is -1.17. The number of benzene rings is 2. The Morgan fingerprint density at radius 1 is 1.12 bits per heavy atom. The van der Waals surface area contributed by atoms with Crippen molar-refractivity contribution in [1.82, 2.24) is 10.2 Å². The molecular formula is C26H27ClFN3O3. The third kappa shape index (κ3) is 4.66. The average molecular weight is 484 g/mol. The lowest BCUT2D eigenvalue weighted by atomic mass is 9.69. The summed E-state index contributed by atoms with van der Waals surface area (Å²) < 4.78 is 18.8. The number of hydrogen-bond acceptors (Lipinski definition) is 5. The standard InChI is InChI=1S/C26H27ClFN3O3/c1-31(25(33)34-22-12-10-21(28)11-13-22)26(24(32)19-4-2-17(14-29)3-5-19)16-30-15-23(26)18-6-8-20(27)9-7-18/h6-13,17,19,23,30H,2-5,15-16H2,1H3/t17?,19?,23-,26+/m0/s1. The van der Waals surface area contributed by atoms with Crippen LogP contribution in [0.3, 0.4) is 0 Å². The highest BCUT2D eigenvalue weighted by molar-refractivity contribution is 6.30. The number of carbonyl (C=O) groups is 2. The number of rotatable bonds is 5. The van der Waals surface area contributed by atoms with Crippen LogP contribution in [0.1, 0.15) is 37.2 Å². The molecule has 1 aliphatic carbocycles. The molecule has 178 valence electrons. The second-order valence-electron chi connectivity index (χ2n) is 9.08. The Hall–Kier alpha value is -2.95. The summed E-state index contributed by atoms with van der Waals surface area (Å²) in [5, 5.41) is 13.2. The van der Waals surface area contributed by atoms with E-state index in [1.54, 1.807) is 19.2 Å². The van der Waals surface area contributed by atoms with Crippen LogP contribution in [0, 0.1) is 29.0 Å². The number of nitriles is 1. The quantitative estimate of drug-likeness (QED) is 0.651. The van der Waals surface area contributed by atoms with Gasteiger partial charge in [-0.15, -0.1) is 0 Å². The fraction of sp³-hybridized carbons (Fsp3) is 0.423. The van der Waals surface area contributed by atoms with E-state index in [2.05, 4.69) is 11.4 Å². The van der Waals surface area contributed by atoms with Crippen molar-refractivity contribution >= 4 is 23.5 Å². The van der Waals surface area contributed by atoms with Gasteiger partial charge in [0.1, 0.15) is 17.1 Å². The van der Waals surface area contributed by atoms with Crippen LogP contribution in [0.4, 0.5) is 9.18 Å². The highest BCUT2D eigenvalue weighted by Gasteiger charge is 2.56. The molecule has 2 atom stereocenters. The Bertz CT molecular complexity index is 1080. The molecule has 1 saturated heterocycles. The lowest BCUT2D eigenvalue weighted by molar-refractivity contribution is -0.134. The lowest BCUT2D eigenvalue weighted by Crippen LogP contribution is -2.62. The molecule has 2 fully saturated rings. The third-order valence-corrected chi connectivity index (χ3v) is 7.44. The van der Waals surface area contributed by atoms with Gasteiger partial charge in [0.15, 0.2) is 5.78 Å². The van der Waals surface area contributed by atoms with Gasteiger partial charge in [-0.2, -0.15) is 5.26 Å². The first-order chi connectivity index (χ1) is 16.3. The van der Waals surface area contributed by atoms with Gasteiger partial charge < -0.3 is 10.1 Å². The molecule has 0 spiro atoms. The van der Waals surface area contributed by atoms with Crippen molar-refractivity contribution in [3.63, 3.8) is 0 Å². The fourth-order valence-corrected chi connectivity index (χ4v) is 5.36. The van der Waals surface area contributed by atoms with Gasteiger partial charge in [-0.1, -0.05) is 23.7 Å². The Labute approximate surface area is 203 Å². The number of amides is 1. The first-order valence-corrected chi connectivity index (χ1v) is 11.8. The molecule has 2 aromatic carbocycles. The van der Waals surface area contributed by atoms with Crippen LogP contribution in [-0.4, -0.2) is 42.5 Å². The van der Waals surface area contributed by atoms with E-state index in [0.29, 0.717) is 37.3 Å². The molecule has 0 bridgehead atoms. The third-order valence-electron chi connectivity index (χ3n) is 7.19. The number of Topliss-reactive ketones (excluding diaryl/α,β-unsaturated/α-hetero) is 1. The first-order valence-electron chi connectivity index (χ1n) is 11.5. The fourth-order valence-electron chi connectivity index (χ4n) is 5.24. The topological polar surface area (TPSA) is 82.4 Å². The van der Waals surface area contributed by atoms with Gasteiger partial charge in [0.25, 0.3) is 0 Å². The van der Waals surface area contributed by atoms with Crippen molar-refractivity contribution in [2.75, 3.05) is 20.1 Å². The number of ketones is 1. The van der Waals surface area contributed by atoms with Gasteiger partial charge in [-0.3, -0.25) is 9.69 Å². The van der Waals surface area contributed by atoms with Crippen LogP contribution in [-0.2, 0) is 4.79 Å². The van der Waals surface area contributed by atoms with Crippen molar-refractivity contribution in [2.45, 2.75) is 37.1 Å². The van der Waals surface area contributed by atoms with Crippen molar-refractivity contribution < 1.29 is 18.7 Å². The van der Waals surface area contributed by atoms with E-state index >= 15 is 0 Å². The molecule has 2 aliphatic rings. The molecule has 1 N–H and O–H groups in total. The van der Waals surface area contributed by atoms with E-state index in [9.17, 15) is 19.2 Å².